The quantitative estimate of drug-likeness (QED) is 0.460. The van der Waals surface area contributed by atoms with Crippen molar-refractivity contribution < 1.29 is 18.3 Å². The molecule has 0 aliphatic carbocycles. The highest BCUT2D eigenvalue weighted by Gasteiger charge is 2.11. The number of halogens is 2. The van der Waals surface area contributed by atoms with E-state index in [9.17, 15) is 8.78 Å². The number of methoxy groups -OCH3 is 1. The molecule has 8 heteroatoms. The van der Waals surface area contributed by atoms with Gasteiger partial charge in [-0.05, 0) is 55.5 Å². The molecule has 0 saturated carbocycles. The molecule has 0 saturated heterocycles. The van der Waals surface area contributed by atoms with Crippen LogP contribution in [0.15, 0.2) is 53.6 Å². The molecular weight excluding hydrogens is 348 g/mol. The molecule has 0 aliphatic rings. The molecule has 0 fully saturated rings. The number of anilines is 1. The van der Waals surface area contributed by atoms with Crippen LogP contribution in [0.25, 0.3) is 0 Å². The predicted molar refractivity (Wildman–Crippen MR) is 97.6 cm³/mol. The van der Waals surface area contributed by atoms with Crippen molar-refractivity contribution in [2.24, 2.45) is 5.10 Å². The van der Waals surface area contributed by atoms with E-state index in [1.807, 2.05) is 0 Å². The molecule has 2 rings (SSSR count). The minimum atomic E-state index is -2.90. The summed E-state index contributed by atoms with van der Waals surface area (Å²) in [5.41, 5.74) is 4.33. The van der Waals surface area contributed by atoms with Crippen LogP contribution in [0.1, 0.15) is 12.5 Å². The zero-order valence-corrected chi connectivity index (χ0v) is 14.4. The average Bonchev–Trinajstić information content (AvgIpc) is 2.60. The van der Waals surface area contributed by atoms with E-state index in [-0.39, 0.29) is 10.9 Å². The van der Waals surface area contributed by atoms with Crippen LogP contribution in [0.5, 0.6) is 11.5 Å². The van der Waals surface area contributed by atoms with Gasteiger partial charge >= 0.3 is 6.61 Å². The second-order valence-electron chi connectivity index (χ2n) is 4.87. The van der Waals surface area contributed by atoms with Gasteiger partial charge in [0.15, 0.2) is 5.11 Å². The van der Waals surface area contributed by atoms with Crippen molar-refractivity contribution in [1.82, 2.24) is 5.43 Å². The number of rotatable bonds is 6. The normalized spacial score (nSPS) is 11.2. The van der Waals surface area contributed by atoms with Gasteiger partial charge in [0.1, 0.15) is 11.5 Å². The van der Waals surface area contributed by atoms with E-state index in [2.05, 4.69) is 20.6 Å². The number of benzene rings is 2. The molecule has 0 amide bonds. The molecular formula is C17H17F2N3O2S. The van der Waals surface area contributed by atoms with Crippen LogP contribution in [0.3, 0.4) is 0 Å². The van der Waals surface area contributed by atoms with Crippen molar-refractivity contribution >= 4 is 28.7 Å². The summed E-state index contributed by atoms with van der Waals surface area (Å²) >= 11 is 5.16. The van der Waals surface area contributed by atoms with Crippen molar-refractivity contribution in [1.29, 1.82) is 0 Å². The van der Waals surface area contributed by atoms with E-state index < -0.39 is 6.61 Å². The molecule has 0 aliphatic heterocycles. The minimum absolute atomic E-state index is 0.0505. The summed E-state index contributed by atoms with van der Waals surface area (Å²) in [5, 5.41) is 7.32. The maximum absolute atomic E-state index is 12.5. The van der Waals surface area contributed by atoms with Gasteiger partial charge in [-0.1, -0.05) is 12.1 Å². The number of ether oxygens (including phenoxy) is 2. The predicted octanol–water partition coefficient (Wildman–Crippen LogP) is 4.01. The van der Waals surface area contributed by atoms with Crippen LogP contribution in [0.4, 0.5) is 14.5 Å². The molecule has 0 aromatic heterocycles. The van der Waals surface area contributed by atoms with E-state index in [4.69, 9.17) is 17.0 Å². The third kappa shape index (κ3) is 5.68. The second kappa shape index (κ2) is 8.93. The number of nitrogens with one attached hydrogen (secondary N) is 2. The van der Waals surface area contributed by atoms with E-state index in [0.717, 1.165) is 11.4 Å². The maximum Gasteiger partial charge on any atom is 0.387 e. The van der Waals surface area contributed by atoms with E-state index >= 15 is 0 Å². The van der Waals surface area contributed by atoms with Gasteiger partial charge in [0, 0.05) is 11.3 Å². The summed E-state index contributed by atoms with van der Waals surface area (Å²) in [6, 6.07) is 13.6. The van der Waals surface area contributed by atoms with Gasteiger partial charge in [0.05, 0.1) is 12.8 Å². The number of hydrazone groups is 1. The maximum atomic E-state index is 12.5. The van der Waals surface area contributed by atoms with Crippen molar-refractivity contribution in [3.05, 3.63) is 54.1 Å². The second-order valence-corrected chi connectivity index (χ2v) is 5.27. The Morgan fingerprint density at radius 3 is 2.44 bits per heavy atom. The number of hydrogen-bond acceptors (Lipinski definition) is 4. The van der Waals surface area contributed by atoms with Crippen LogP contribution < -0.4 is 20.2 Å². The monoisotopic (exact) mass is 365 g/mol. The number of hydrogen-bond donors (Lipinski definition) is 2. The molecule has 0 heterocycles. The summed E-state index contributed by atoms with van der Waals surface area (Å²) in [4.78, 5) is 0. The standard InChI is InChI=1S/C17H17F2N3O2S/c1-11(14-5-3-4-6-15(14)24-16(18)19)21-22-17(25)20-12-7-9-13(23-2)10-8-12/h3-10,16H,1-2H3,(H2,20,22,25)/b21-11-. The summed E-state index contributed by atoms with van der Waals surface area (Å²) in [6.07, 6.45) is 0. The Balaban J connectivity index is 2.01. The Kier molecular flexibility index (Phi) is 6.64. The Bertz CT molecular complexity index is 752. The fraction of sp³-hybridized carbons (Fsp3) is 0.176. The van der Waals surface area contributed by atoms with Gasteiger partial charge in [0.2, 0.25) is 0 Å². The molecule has 5 nitrogen and oxygen atoms in total. The summed E-state index contributed by atoms with van der Waals surface area (Å²) < 4.78 is 34.5. The van der Waals surface area contributed by atoms with Crippen LogP contribution in [-0.2, 0) is 0 Å². The molecule has 0 bridgehead atoms. The van der Waals surface area contributed by atoms with Gasteiger partial charge in [-0.15, -0.1) is 0 Å². The van der Waals surface area contributed by atoms with Gasteiger partial charge in [0.25, 0.3) is 0 Å². The number of thiocarbonyl (C=S) groups is 1. The fourth-order valence-electron chi connectivity index (χ4n) is 1.99. The van der Waals surface area contributed by atoms with Crippen molar-refractivity contribution in [3.8, 4) is 11.5 Å². The lowest BCUT2D eigenvalue weighted by Crippen LogP contribution is -2.25. The zero-order valence-electron chi connectivity index (χ0n) is 13.6. The molecule has 0 spiro atoms. The van der Waals surface area contributed by atoms with Gasteiger partial charge in [-0.25, -0.2) is 0 Å². The third-order valence-electron chi connectivity index (χ3n) is 3.17. The Labute approximate surface area is 149 Å². The first-order valence-electron chi connectivity index (χ1n) is 7.29. The molecule has 0 unspecified atom stereocenters. The third-order valence-corrected chi connectivity index (χ3v) is 3.36. The first-order valence-corrected chi connectivity index (χ1v) is 7.70. The first-order chi connectivity index (χ1) is 12.0. The van der Waals surface area contributed by atoms with Gasteiger partial charge in [-0.3, -0.25) is 5.43 Å². The van der Waals surface area contributed by atoms with Crippen molar-refractivity contribution in [3.63, 3.8) is 0 Å². The van der Waals surface area contributed by atoms with Gasteiger partial charge in [-0.2, -0.15) is 13.9 Å². The minimum Gasteiger partial charge on any atom is -0.497 e. The summed E-state index contributed by atoms with van der Waals surface area (Å²) in [7, 11) is 1.59. The molecule has 2 N–H and O–H groups in total. The fourth-order valence-corrected chi connectivity index (χ4v) is 2.16. The molecule has 25 heavy (non-hydrogen) atoms. The lowest BCUT2D eigenvalue weighted by atomic mass is 10.1. The van der Waals surface area contributed by atoms with Crippen LogP contribution >= 0.6 is 12.2 Å². The highest BCUT2D eigenvalue weighted by Crippen LogP contribution is 2.21. The first kappa shape index (κ1) is 18.6. The van der Waals surface area contributed by atoms with Crippen molar-refractivity contribution in [2.45, 2.75) is 13.5 Å². The Hall–Kier alpha value is -2.74. The number of nitrogens with zero attached hydrogens (tertiary/aromatic N) is 1. The summed E-state index contributed by atoms with van der Waals surface area (Å²) in [5.74, 6) is 0.781. The lowest BCUT2D eigenvalue weighted by molar-refractivity contribution is -0.0499. The zero-order chi connectivity index (χ0) is 18.2. The molecule has 2 aromatic rings. The average molecular weight is 365 g/mol. The highest BCUT2D eigenvalue weighted by atomic mass is 32.1. The highest BCUT2D eigenvalue weighted by molar-refractivity contribution is 7.80. The molecule has 0 atom stereocenters. The number of para-hydroxylation sites is 1. The van der Waals surface area contributed by atoms with Gasteiger partial charge < -0.3 is 14.8 Å². The SMILES string of the molecule is COc1ccc(NC(=S)N/N=C(/C)c2ccccc2OC(F)F)cc1. The van der Waals surface area contributed by atoms with Crippen LogP contribution in [0, 0.1) is 0 Å². The number of alkyl halides is 2. The van der Waals surface area contributed by atoms with E-state index in [1.165, 1.54) is 6.07 Å². The lowest BCUT2D eigenvalue weighted by Gasteiger charge is -2.11. The molecule has 0 radical (unpaired) electrons. The molecule has 132 valence electrons. The smallest absolute Gasteiger partial charge is 0.387 e. The molecule has 2 aromatic carbocycles. The van der Waals surface area contributed by atoms with Crippen LogP contribution in [-0.4, -0.2) is 24.5 Å². The van der Waals surface area contributed by atoms with E-state index in [1.54, 1.807) is 56.5 Å². The topological polar surface area (TPSA) is 54.9 Å². The Morgan fingerprint density at radius 1 is 1.12 bits per heavy atom. The summed E-state index contributed by atoms with van der Waals surface area (Å²) in [6.45, 7) is -1.24. The van der Waals surface area contributed by atoms with Crippen molar-refractivity contribution in [2.75, 3.05) is 12.4 Å². The van der Waals surface area contributed by atoms with Crippen LogP contribution in [0.2, 0.25) is 0 Å². The largest absolute Gasteiger partial charge is 0.497 e. The van der Waals surface area contributed by atoms with E-state index in [0.29, 0.717) is 11.3 Å². The Morgan fingerprint density at radius 2 is 1.80 bits per heavy atom.